The number of nitriles is 1. The summed E-state index contributed by atoms with van der Waals surface area (Å²) in [7, 11) is -9.80. The molecular formula is C42H36F3N4O17PS2. The van der Waals surface area contributed by atoms with Gasteiger partial charge in [-0.2, -0.15) is 9.98 Å². The maximum Gasteiger partial charge on any atom is 0.391 e. The third-order valence-electron chi connectivity index (χ3n) is 9.35. The number of carbonyl (C=O) groups is 6. The highest BCUT2D eigenvalue weighted by Gasteiger charge is 2.31. The summed E-state index contributed by atoms with van der Waals surface area (Å²) in [6.07, 6.45) is -3.60. The van der Waals surface area contributed by atoms with Crippen LogP contribution in [0.25, 0.3) is 10.1 Å². The van der Waals surface area contributed by atoms with Crippen LogP contribution in [-0.2, 0) is 59.4 Å². The Morgan fingerprint density at radius 1 is 0.681 bits per heavy atom. The van der Waals surface area contributed by atoms with E-state index in [1.54, 1.807) is 4.72 Å². The van der Waals surface area contributed by atoms with Crippen molar-refractivity contribution in [3.63, 3.8) is 0 Å². The average Bonchev–Trinajstić information content (AvgIpc) is 3.73. The van der Waals surface area contributed by atoms with Gasteiger partial charge >= 0.3 is 31.5 Å². The molecule has 0 saturated heterocycles. The molecule has 0 saturated carbocycles. The molecule has 2 amide bonds. The first-order valence-electron chi connectivity index (χ1n) is 19.6. The van der Waals surface area contributed by atoms with E-state index < -0.39 is 166 Å². The summed E-state index contributed by atoms with van der Waals surface area (Å²) in [6, 6.07) is 12.0. The number of aliphatic carboxylic acids is 4. The first-order chi connectivity index (χ1) is 32.5. The van der Waals surface area contributed by atoms with Gasteiger partial charge in [0, 0.05) is 22.6 Å². The van der Waals surface area contributed by atoms with Crippen molar-refractivity contribution in [3.8, 4) is 23.3 Å². The molecule has 5 aromatic rings. The molecule has 1 unspecified atom stereocenters. The third kappa shape index (κ3) is 14.0. The number of hydrogen-bond donors (Lipinski definition) is 8. The van der Waals surface area contributed by atoms with Crippen LogP contribution in [0.5, 0.6) is 17.2 Å². The van der Waals surface area contributed by atoms with Crippen LogP contribution in [-0.4, -0.2) is 102 Å². The fourth-order valence-electron chi connectivity index (χ4n) is 6.29. The summed E-state index contributed by atoms with van der Waals surface area (Å²) in [4.78, 5) is 81.5. The van der Waals surface area contributed by atoms with Crippen molar-refractivity contribution in [2.45, 2.75) is 29.9 Å². The van der Waals surface area contributed by atoms with Crippen molar-refractivity contribution < 1.29 is 94.2 Å². The Balaban J connectivity index is 1.37. The van der Waals surface area contributed by atoms with E-state index in [0.717, 1.165) is 12.1 Å². The van der Waals surface area contributed by atoms with Crippen molar-refractivity contribution in [1.29, 1.82) is 5.26 Å². The molecule has 8 N–H and O–H groups in total. The zero-order valence-electron chi connectivity index (χ0n) is 35.1. The highest BCUT2D eigenvalue weighted by Crippen LogP contribution is 2.45. The van der Waals surface area contributed by atoms with Gasteiger partial charge in [0.25, 0.3) is 21.8 Å². The molecule has 21 nitrogen and oxygen atoms in total. The van der Waals surface area contributed by atoms with Crippen LogP contribution in [0.2, 0.25) is 0 Å². The monoisotopic (exact) mass is 1020 g/mol. The maximum absolute atomic E-state index is 16.4. The third-order valence-corrected chi connectivity index (χ3v) is 13.6. The molecule has 5 rings (SSSR count). The maximum atomic E-state index is 16.4. The lowest BCUT2D eigenvalue weighted by Crippen LogP contribution is -2.29. The van der Waals surface area contributed by atoms with Crippen molar-refractivity contribution >= 4 is 74.7 Å². The molecule has 364 valence electrons. The zero-order valence-corrected chi connectivity index (χ0v) is 37.6. The van der Waals surface area contributed by atoms with E-state index in [1.165, 1.54) is 42.5 Å². The fraction of sp³-hybridized carbons (Fsp3) is 0.214. The van der Waals surface area contributed by atoms with Gasteiger partial charge in [0.1, 0.15) is 41.3 Å². The minimum absolute atomic E-state index is 0.0417. The Kier molecular flexibility index (Phi) is 17.1. The van der Waals surface area contributed by atoms with Gasteiger partial charge in [0.05, 0.1) is 49.0 Å². The number of halogens is 3. The smallest absolute Gasteiger partial charge is 0.391 e. The van der Waals surface area contributed by atoms with Crippen LogP contribution in [0, 0.1) is 28.8 Å². The summed E-state index contributed by atoms with van der Waals surface area (Å²) in [5.41, 5.74) is -0.232. The van der Waals surface area contributed by atoms with E-state index in [9.17, 15) is 71.5 Å². The second kappa shape index (κ2) is 22.5. The number of nitrogens with zero attached hydrogens (tertiary/aromatic N) is 1. The van der Waals surface area contributed by atoms with Crippen molar-refractivity contribution in [2.24, 2.45) is 0 Å². The number of amides is 2. The van der Waals surface area contributed by atoms with Crippen molar-refractivity contribution in [2.75, 3.05) is 32.6 Å². The molecule has 0 radical (unpaired) electrons. The number of carbonyl (C=O) groups excluding carboxylic acids is 2. The predicted octanol–water partition coefficient (Wildman–Crippen LogP) is 3.82. The van der Waals surface area contributed by atoms with Gasteiger partial charge in [-0.1, -0.05) is 12.1 Å². The van der Waals surface area contributed by atoms with Gasteiger partial charge in [-0.15, -0.1) is 11.3 Å². The lowest BCUT2D eigenvalue weighted by atomic mass is 9.98. The topological polar surface area (TPSA) is 342 Å². The van der Waals surface area contributed by atoms with Gasteiger partial charge in [0.2, 0.25) is 11.5 Å². The van der Waals surface area contributed by atoms with Crippen LogP contribution >= 0.6 is 18.9 Å². The number of benzene rings is 4. The summed E-state index contributed by atoms with van der Waals surface area (Å²) in [6.45, 7) is -2.11. The highest BCUT2D eigenvalue weighted by molar-refractivity contribution is 7.92. The van der Waals surface area contributed by atoms with E-state index in [1.807, 2.05) is 0 Å². The summed E-state index contributed by atoms with van der Waals surface area (Å²) >= 11 is 0.151. The molecule has 69 heavy (non-hydrogen) atoms. The van der Waals surface area contributed by atoms with Crippen LogP contribution in [0.4, 0.5) is 13.2 Å². The normalized spacial score (nSPS) is 12.0. The minimum Gasteiger partial charge on any atom is -0.485 e. The lowest BCUT2D eigenvalue weighted by molar-refractivity contribution is -0.137. The van der Waals surface area contributed by atoms with Gasteiger partial charge in [-0.05, 0) is 64.7 Å². The van der Waals surface area contributed by atoms with Crippen LogP contribution in [0.1, 0.15) is 48.5 Å². The largest absolute Gasteiger partial charge is 0.485 e. The number of thiophene rings is 1. The molecule has 0 spiro atoms. The van der Waals surface area contributed by atoms with E-state index in [2.05, 4.69) is 10.6 Å². The molecule has 1 atom stereocenters. The molecule has 0 aliphatic heterocycles. The average molecular weight is 1020 g/mol. The number of hydrogen-bond acceptors (Lipinski definition) is 14. The zero-order chi connectivity index (χ0) is 50.8. The van der Waals surface area contributed by atoms with Crippen molar-refractivity contribution in [3.05, 3.63) is 117 Å². The van der Waals surface area contributed by atoms with E-state index in [0.29, 0.717) is 12.1 Å². The van der Waals surface area contributed by atoms with Gasteiger partial charge in [-0.3, -0.25) is 28.8 Å². The number of carboxylic acid groups (broad SMARTS) is 4. The molecule has 1 aromatic heterocycles. The van der Waals surface area contributed by atoms with Gasteiger partial charge in [-0.25, -0.2) is 26.2 Å². The summed E-state index contributed by atoms with van der Waals surface area (Å²) in [5, 5.41) is 49.9. The number of nitrogens with one attached hydrogen (secondary N) is 3. The number of carboxylic acids is 4. The number of sulfonamides is 1. The van der Waals surface area contributed by atoms with Crippen LogP contribution in [0.15, 0.2) is 64.9 Å². The Labute approximate surface area is 391 Å². The lowest BCUT2D eigenvalue weighted by Gasteiger charge is -2.16. The molecule has 27 heteroatoms. The Hall–Kier alpha value is -7.56. The van der Waals surface area contributed by atoms with E-state index >= 15 is 8.78 Å². The number of rotatable bonds is 24. The highest BCUT2D eigenvalue weighted by atomic mass is 32.2. The predicted molar refractivity (Wildman–Crippen MR) is 232 cm³/mol. The quantitative estimate of drug-likeness (QED) is 0.0322. The van der Waals surface area contributed by atoms with Gasteiger partial charge < -0.3 is 50.0 Å². The Morgan fingerprint density at radius 2 is 1.16 bits per heavy atom. The molecule has 0 fully saturated rings. The summed E-state index contributed by atoms with van der Waals surface area (Å²) in [5.74, 6) is -13.0. The number of ether oxygens (including phenoxy) is 2. The van der Waals surface area contributed by atoms with Gasteiger partial charge in [0.15, 0.2) is 11.6 Å². The van der Waals surface area contributed by atoms with E-state index in [-0.39, 0.29) is 44.7 Å². The SMILES string of the molecule is N#Cc1ccc(OP(=O)(O)CNS(=O)(=O)c2cc3c(F)c(OCCNC(=O)c4ccc(CC(=O)O)c(CC(=O)O)c4)c(OCCNC(=O)c4ccc(CC(=O)O)c(CC(=O)O)c4)c(F)c3s2)cc1F. The van der Waals surface area contributed by atoms with Crippen LogP contribution in [0.3, 0.4) is 0 Å². The van der Waals surface area contributed by atoms with Crippen LogP contribution < -0.4 is 29.4 Å². The number of fused-ring (bicyclic) bond motifs is 1. The second-order valence-electron chi connectivity index (χ2n) is 14.3. The van der Waals surface area contributed by atoms with E-state index in [4.69, 9.17) is 19.3 Å². The molecule has 0 bridgehead atoms. The molecular weight excluding hydrogens is 985 g/mol. The second-order valence-corrected chi connectivity index (χ2v) is 19.2. The molecule has 4 aromatic carbocycles. The first-order valence-corrected chi connectivity index (χ1v) is 23.6. The molecule has 0 aliphatic rings. The first kappa shape index (κ1) is 52.4. The Bertz CT molecular complexity index is 2950. The summed E-state index contributed by atoms with van der Waals surface area (Å²) < 4.78 is 102. The Morgan fingerprint density at radius 3 is 1.62 bits per heavy atom. The fourth-order valence-corrected chi connectivity index (χ4v) is 10.2. The minimum atomic E-state index is -4.93. The standard InChI is InChI=1S/C42H36F3N4O17PS2/c43-30-17-28(6-5-25(30)19-46)66-67(60,61)20-49-69(62,63)35-18-29-36(44)38(64-9-7-47-41(58)23-3-1-21(13-31(50)51)26(11-23)15-33(54)55)39(37(45)40(29)68-35)65-10-8-48-42(59)24-4-2-22(14-32(52)53)27(12-24)16-34(56)57/h1-6,11-12,17-18,49H,7-10,13-16,20H2,(H,47,58)(H,48,59)(H,50,51)(H,52,53)(H,54,55)(H,56,57)(H,60,61). The molecule has 1 heterocycles. The molecule has 0 aliphatic carbocycles. The van der Waals surface area contributed by atoms with Crippen molar-refractivity contribution in [1.82, 2.24) is 15.4 Å².